The van der Waals surface area contributed by atoms with Gasteiger partial charge in [0.25, 0.3) is 11.6 Å². The van der Waals surface area contributed by atoms with Crippen LogP contribution >= 0.6 is 0 Å². The number of hydrogen-bond acceptors (Lipinski definition) is 10. The van der Waals surface area contributed by atoms with E-state index in [0.29, 0.717) is 66.6 Å². The number of nitrogens with one attached hydrogen (secondary N) is 3. The lowest BCUT2D eigenvalue weighted by molar-refractivity contribution is -0.383. The summed E-state index contributed by atoms with van der Waals surface area (Å²) in [6.07, 6.45) is 1.45. The van der Waals surface area contributed by atoms with Gasteiger partial charge in [0.2, 0.25) is 5.91 Å². The normalized spacial score (nSPS) is 13.3. The number of non-ortho nitro benzene ring substituents is 1. The van der Waals surface area contributed by atoms with Gasteiger partial charge in [-0.2, -0.15) is 0 Å². The number of carbonyl (C=O) groups is 2. The van der Waals surface area contributed by atoms with Gasteiger partial charge in [-0.15, -0.1) is 0 Å². The number of piperazine rings is 1. The van der Waals surface area contributed by atoms with Gasteiger partial charge >= 0.3 is 0 Å². The van der Waals surface area contributed by atoms with Gasteiger partial charge < -0.3 is 34.5 Å². The number of H-pyrrole nitrogens is 1. The zero-order valence-corrected chi connectivity index (χ0v) is 22.6. The highest BCUT2D eigenvalue weighted by molar-refractivity contribution is 6.01. The molecule has 2 aromatic carbocycles. The van der Waals surface area contributed by atoms with Crippen molar-refractivity contribution in [2.75, 3.05) is 42.9 Å². The summed E-state index contributed by atoms with van der Waals surface area (Å²) in [7, 11) is 0. The van der Waals surface area contributed by atoms with Crippen LogP contribution in [-0.4, -0.2) is 69.7 Å². The molecule has 0 radical (unpaired) electrons. The predicted molar refractivity (Wildman–Crippen MR) is 152 cm³/mol. The molecule has 15 heteroatoms. The first kappa shape index (κ1) is 27.4. The number of halogens is 1. The summed E-state index contributed by atoms with van der Waals surface area (Å²) in [6, 6.07) is 14.3. The first-order valence-electron chi connectivity index (χ1n) is 13.3. The Labute approximate surface area is 242 Å². The van der Waals surface area contributed by atoms with Crippen LogP contribution in [0.1, 0.15) is 16.2 Å². The van der Waals surface area contributed by atoms with E-state index in [1.54, 1.807) is 35.2 Å². The zero-order valence-electron chi connectivity index (χ0n) is 22.6. The summed E-state index contributed by atoms with van der Waals surface area (Å²) in [6.45, 7) is 1.60. The van der Waals surface area contributed by atoms with Crippen molar-refractivity contribution >= 4 is 39.9 Å². The van der Waals surface area contributed by atoms with Crippen molar-refractivity contribution < 1.29 is 27.9 Å². The molecular weight excluding hydrogens is 563 g/mol. The largest absolute Gasteiger partial charge is 0.366 e. The molecule has 1 fully saturated rings. The molecule has 0 saturated carbocycles. The smallest absolute Gasteiger partial charge is 0.293 e. The maximum atomic E-state index is 15.1. The van der Waals surface area contributed by atoms with E-state index in [2.05, 4.69) is 25.9 Å². The predicted octanol–water partition coefficient (Wildman–Crippen LogP) is 3.55. The van der Waals surface area contributed by atoms with E-state index >= 15 is 4.39 Å². The molecule has 6 rings (SSSR count). The Bertz CT molecular complexity index is 1790. The van der Waals surface area contributed by atoms with E-state index in [0.717, 1.165) is 0 Å². The molecule has 43 heavy (non-hydrogen) atoms. The standard InChI is InChI=1S/C28H25FN8O6/c29-20-12-17(21-14-19(43-33-21)15-30-25-6-11-42-34-25)4-5-23(20)35-7-9-36(10-8-35)26(38)16-31-28(39)22-13-18-2-1-3-24(37(40)41)27(18)32-22/h1-6,11-14,32H,7-10,15-16H2,(H,30,34)(H,31,39). The number of aromatic amines is 1. The topological polar surface area (TPSA) is 176 Å². The SMILES string of the molecule is O=C(NCC(=O)N1CCN(c2ccc(-c3cc(CNc4ccon4)on3)cc2F)CC1)c1cc2cccc([N+](=O)[O-])c2[nH]1. The summed E-state index contributed by atoms with van der Waals surface area (Å²) in [5.41, 5.74) is 1.68. The highest BCUT2D eigenvalue weighted by Gasteiger charge is 2.24. The van der Waals surface area contributed by atoms with Crippen molar-refractivity contribution in [2.45, 2.75) is 6.54 Å². The second-order valence-electron chi connectivity index (χ2n) is 9.81. The number of hydrogen-bond donors (Lipinski definition) is 3. The number of nitrogens with zero attached hydrogens (tertiary/aromatic N) is 5. The molecule has 0 atom stereocenters. The van der Waals surface area contributed by atoms with E-state index in [1.807, 2.05) is 4.90 Å². The highest BCUT2D eigenvalue weighted by Crippen LogP contribution is 2.28. The highest BCUT2D eigenvalue weighted by atomic mass is 19.1. The quantitative estimate of drug-likeness (QED) is 0.171. The summed E-state index contributed by atoms with van der Waals surface area (Å²) >= 11 is 0. The Kier molecular flexibility index (Phi) is 7.43. The number of amides is 2. The van der Waals surface area contributed by atoms with E-state index < -0.39 is 16.6 Å². The van der Waals surface area contributed by atoms with Crippen LogP contribution in [0.3, 0.4) is 0 Å². The minimum atomic E-state index is -0.551. The van der Waals surface area contributed by atoms with Crippen molar-refractivity contribution in [2.24, 2.45) is 0 Å². The molecule has 2 amide bonds. The number of carbonyl (C=O) groups excluding carboxylic acids is 2. The van der Waals surface area contributed by atoms with Crippen LogP contribution < -0.4 is 15.5 Å². The average molecular weight is 589 g/mol. The molecular formula is C28H25FN8O6. The average Bonchev–Trinajstić information content (AvgIpc) is 3.79. The van der Waals surface area contributed by atoms with Crippen molar-refractivity contribution in [1.29, 1.82) is 0 Å². The summed E-state index contributed by atoms with van der Waals surface area (Å²) < 4.78 is 25.2. The Morgan fingerprint density at radius 3 is 2.65 bits per heavy atom. The Morgan fingerprint density at radius 1 is 1.07 bits per heavy atom. The molecule has 0 aliphatic carbocycles. The van der Waals surface area contributed by atoms with Crippen LogP contribution in [0.2, 0.25) is 0 Å². The molecule has 0 unspecified atom stereocenters. The Hall–Kier alpha value is -5.73. The molecule has 0 bridgehead atoms. The fourth-order valence-electron chi connectivity index (χ4n) is 4.91. The molecule has 0 spiro atoms. The van der Waals surface area contributed by atoms with Gasteiger partial charge in [0.15, 0.2) is 11.6 Å². The monoisotopic (exact) mass is 588 g/mol. The number of fused-ring (bicyclic) bond motifs is 1. The van der Waals surface area contributed by atoms with Crippen LogP contribution in [-0.2, 0) is 11.3 Å². The maximum Gasteiger partial charge on any atom is 0.293 e. The van der Waals surface area contributed by atoms with Crippen LogP contribution in [0.25, 0.3) is 22.2 Å². The number of nitro benzene ring substituents is 1. The molecule has 14 nitrogen and oxygen atoms in total. The van der Waals surface area contributed by atoms with Crippen LogP contribution in [0.15, 0.2) is 69.9 Å². The second-order valence-corrected chi connectivity index (χ2v) is 9.81. The molecule has 4 heterocycles. The minimum absolute atomic E-state index is 0.117. The lowest BCUT2D eigenvalue weighted by Gasteiger charge is -2.36. The van der Waals surface area contributed by atoms with Gasteiger partial charge in [-0.25, -0.2) is 4.39 Å². The molecule has 5 aromatic rings. The van der Waals surface area contributed by atoms with E-state index in [9.17, 15) is 19.7 Å². The maximum absolute atomic E-state index is 15.1. The lowest BCUT2D eigenvalue weighted by atomic mass is 10.1. The van der Waals surface area contributed by atoms with Crippen molar-refractivity contribution in [3.8, 4) is 11.3 Å². The molecule has 220 valence electrons. The first-order valence-corrected chi connectivity index (χ1v) is 13.3. The van der Waals surface area contributed by atoms with Crippen LogP contribution in [0, 0.1) is 15.9 Å². The number of aromatic nitrogens is 3. The summed E-state index contributed by atoms with van der Waals surface area (Å²) in [5.74, 6) is -0.158. The van der Waals surface area contributed by atoms with Crippen LogP contribution in [0.4, 0.5) is 21.6 Å². The van der Waals surface area contributed by atoms with Gasteiger partial charge in [-0.1, -0.05) is 28.5 Å². The fraction of sp³-hybridized carbons (Fsp3) is 0.214. The Balaban J connectivity index is 1.01. The fourth-order valence-corrected chi connectivity index (χ4v) is 4.91. The van der Waals surface area contributed by atoms with E-state index in [4.69, 9.17) is 9.05 Å². The van der Waals surface area contributed by atoms with Crippen molar-refractivity contribution in [3.05, 3.63) is 88.2 Å². The third-order valence-electron chi connectivity index (χ3n) is 7.13. The zero-order chi connectivity index (χ0) is 29.9. The van der Waals surface area contributed by atoms with E-state index in [-0.39, 0.29) is 29.3 Å². The van der Waals surface area contributed by atoms with Gasteiger partial charge in [0.1, 0.15) is 29.0 Å². The van der Waals surface area contributed by atoms with Gasteiger partial charge in [0, 0.05) is 55.3 Å². The van der Waals surface area contributed by atoms with Crippen LogP contribution in [0.5, 0.6) is 0 Å². The molecule has 1 aliphatic heterocycles. The van der Waals surface area contributed by atoms with Gasteiger partial charge in [-0.05, 0) is 18.2 Å². The number of nitro groups is 1. The molecule has 1 aliphatic rings. The summed E-state index contributed by atoms with van der Waals surface area (Å²) in [5, 5.41) is 25.1. The molecule has 1 saturated heterocycles. The third-order valence-corrected chi connectivity index (χ3v) is 7.13. The summed E-state index contributed by atoms with van der Waals surface area (Å²) in [4.78, 5) is 42.3. The minimum Gasteiger partial charge on any atom is -0.366 e. The number of rotatable bonds is 9. The van der Waals surface area contributed by atoms with Crippen molar-refractivity contribution in [3.63, 3.8) is 0 Å². The number of benzene rings is 2. The molecule has 3 N–H and O–H groups in total. The number of anilines is 2. The van der Waals surface area contributed by atoms with Gasteiger partial charge in [-0.3, -0.25) is 19.7 Å². The first-order chi connectivity index (χ1) is 20.9. The van der Waals surface area contributed by atoms with Gasteiger partial charge in [0.05, 0.1) is 23.7 Å². The Morgan fingerprint density at radius 2 is 1.91 bits per heavy atom. The van der Waals surface area contributed by atoms with E-state index in [1.165, 1.54) is 30.5 Å². The van der Waals surface area contributed by atoms with Crippen molar-refractivity contribution in [1.82, 2.24) is 25.5 Å². The lowest BCUT2D eigenvalue weighted by Crippen LogP contribution is -2.51. The third kappa shape index (κ3) is 5.86. The molecule has 3 aromatic heterocycles. The number of para-hydroxylation sites is 1. The second kappa shape index (κ2) is 11.6.